The van der Waals surface area contributed by atoms with Crippen molar-refractivity contribution in [3.05, 3.63) is 27.7 Å². The third kappa shape index (κ3) is 2.04. The van der Waals surface area contributed by atoms with Crippen LogP contribution in [0.15, 0.2) is 16.6 Å². The van der Waals surface area contributed by atoms with E-state index in [1.165, 1.54) is 5.56 Å². The maximum Gasteiger partial charge on any atom is 0.127 e. The molecule has 1 aromatic rings. The molecule has 82 valence electrons. The largest absolute Gasteiger partial charge is 0.493 e. The van der Waals surface area contributed by atoms with E-state index in [4.69, 9.17) is 10.5 Å². The molecular formula is C12H16BrNO. The molecule has 15 heavy (non-hydrogen) atoms. The minimum Gasteiger partial charge on any atom is -0.493 e. The van der Waals surface area contributed by atoms with E-state index >= 15 is 0 Å². The molecule has 0 radical (unpaired) electrons. The fraction of sp³-hybridized carbons (Fsp3) is 0.500. The van der Waals surface area contributed by atoms with E-state index in [1.54, 1.807) is 0 Å². The predicted octanol–water partition coefficient (Wildman–Crippen LogP) is 3.35. The van der Waals surface area contributed by atoms with Gasteiger partial charge in [0, 0.05) is 22.5 Å². The first kappa shape index (κ1) is 11.0. The summed E-state index contributed by atoms with van der Waals surface area (Å²) >= 11 is 3.53. The number of rotatable bonds is 1. The predicted molar refractivity (Wildman–Crippen MR) is 65.3 cm³/mol. The van der Waals surface area contributed by atoms with Crippen molar-refractivity contribution in [2.75, 3.05) is 6.61 Å². The Balaban J connectivity index is 2.57. The van der Waals surface area contributed by atoms with E-state index in [9.17, 15) is 0 Å². The van der Waals surface area contributed by atoms with Gasteiger partial charge in [0.1, 0.15) is 5.75 Å². The van der Waals surface area contributed by atoms with Gasteiger partial charge in [0.25, 0.3) is 0 Å². The summed E-state index contributed by atoms with van der Waals surface area (Å²) in [5.41, 5.74) is 8.47. The normalized spacial score (nSPS) is 19.9. The molecule has 0 amide bonds. The maximum absolute atomic E-state index is 6.08. The Morgan fingerprint density at radius 3 is 2.87 bits per heavy atom. The van der Waals surface area contributed by atoms with Gasteiger partial charge in [-0.3, -0.25) is 0 Å². The van der Waals surface area contributed by atoms with Crippen molar-refractivity contribution < 1.29 is 4.74 Å². The average molecular weight is 270 g/mol. The number of hydrogen-bond donors (Lipinski definition) is 1. The van der Waals surface area contributed by atoms with Gasteiger partial charge in [-0.1, -0.05) is 29.8 Å². The van der Waals surface area contributed by atoms with Gasteiger partial charge in [0.05, 0.1) is 6.61 Å². The van der Waals surface area contributed by atoms with E-state index < -0.39 is 0 Å². The van der Waals surface area contributed by atoms with Crippen LogP contribution in [0.2, 0.25) is 0 Å². The summed E-state index contributed by atoms with van der Waals surface area (Å²) in [6, 6.07) is 4.32. The fourth-order valence-corrected chi connectivity index (χ4v) is 2.44. The van der Waals surface area contributed by atoms with Crippen LogP contribution in [0.25, 0.3) is 0 Å². The lowest BCUT2D eigenvalue weighted by atomic mass is 9.93. The zero-order valence-electron chi connectivity index (χ0n) is 9.09. The molecule has 0 saturated carbocycles. The summed E-state index contributed by atoms with van der Waals surface area (Å²) in [5.74, 6) is 1.47. The minimum absolute atomic E-state index is 0.115. The van der Waals surface area contributed by atoms with Crippen LogP contribution in [0.1, 0.15) is 43.4 Å². The van der Waals surface area contributed by atoms with Gasteiger partial charge in [-0.2, -0.15) is 0 Å². The highest BCUT2D eigenvalue weighted by Gasteiger charge is 2.22. The molecule has 1 unspecified atom stereocenters. The highest BCUT2D eigenvalue weighted by Crippen LogP contribution is 2.39. The van der Waals surface area contributed by atoms with Crippen LogP contribution in [-0.4, -0.2) is 6.61 Å². The molecule has 0 aromatic heterocycles. The number of ether oxygens (including phenoxy) is 1. The zero-order valence-corrected chi connectivity index (χ0v) is 10.7. The molecule has 1 atom stereocenters. The van der Waals surface area contributed by atoms with Gasteiger partial charge in [-0.25, -0.2) is 0 Å². The van der Waals surface area contributed by atoms with Crippen LogP contribution >= 0.6 is 15.9 Å². The van der Waals surface area contributed by atoms with E-state index in [-0.39, 0.29) is 6.04 Å². The fourth-order valence-electron chi connectivity index (χ4n) is 1.95. The Bertz CT molecular complexity index is 359. The highest BCUT2D eigenvalue weighted by molar-refractivity contribution is 9.10. The molecule has 0 fully saturated rings. The van der Waals surface area contributed by atoms with Gasteiger partial charge in [-0.05, 0) is 23.6 Å². The lowest BCUT2D eigenvalue weighted by Gasteiger charge is -2.26. The first-order chi connectivity index (χ1) is 7.09. The Kier molecular flexibility index (Phi) is 3.03. The van der Waals surface area contributed by atoms with Crippen molar-refractivity contribution in [1.29, 1.82) is 0 Å². The molecule has 1 aliphatic rings. The Morgan fingerprint density at radius 1 is 1.47 bits per heavy atom. The number of nitrogens with two attached hydrogens (primary N) is 1. The summed E-state index contributed by atoms with van der Waals surface area (Å²) in [6.45, 7) is 5.08. The molecule has 0 spiro atoms. The monoisotopic (exact) mass is 269 g/mol. The molecule has 2 rings (SSSR count). The molecule has 3 heteroatoms. The maximum atomic E-state index is 6.08. The molecule has 0 aliphatic carbocycles. The lowest BCUT2D eigenvalue weighted by molar-refractivity contribution is 0.265. The molecule has 2 N–H and O–H groups in total. The second-order valence-electron chi connectivity index (χ2n) is 4.31. The molecule has 1 aliphatic heterocycles. The summed E-state index contributed by atoms with van der Waals surface area (Å²) in [6.07, 6.45) is 0.904. The van der Waals surface area contributed by atoms with Gasteiger partial charge < -0.3 is 10.5 Å². The Labute approximate surface area is 98.9 Å². The summed E-state index contributed by atoms with van der Waals surface area (Å²) in [4.78, 5) is 0. The van der Waals surface area contributed by atoms with Crippen molar-refractivity contribution >= 4 is 15.9 Å². The van der Waals surface area contributed by atoms with E-state index in [2.05, 4.69) is 41.9 Å². The summed E-state index contributed by atoms with van der Waals surface area (Å²) in [5, 5.41) is 0. The zero-order chi connectivity index (χ0) is 11.0. The van der Waals surface area contributed by atoms with Gasteiger partial charge in [0.15, 0.2) is 0 Å². The van der Waals surface area contributed by atoms with Crippen molar-refractivity contribution in [2.24, 2.45) is 5.73 Å². The van der Waals surface area contributed by atoms with Crippen molar-refractivity contribution in [3.8, 4) is 5.75 Å². The van der Waals surface area contributed by atoms with Gasteiger partial charge >= 0.3 is 0 Å². The van der Waals surface area contributed by atoms with Gasteiger partial charge in [-0.15, -0.1) is 0 Å². The minimum atomic E-state index is 0.115. The number of hydrogen-bond acceptors (Lipinski definition) is 2. The quantitative estimate of drug-likeness (QED) is 0.849. The molecule has 1 aromatic carbocycles. The number of halogens is 1. The average Bonchev–Trinajstić information content (AvgIpc) is 2.18. The second kappa shape index (κ2) is 4.14. The summed E-state index contributed by atoms with van der Waals surface area (Å²) in [7, 11) is 0. The standard InChI is InChI=1S/C12H16BrNO/c1-7(2)9-5-8(13)6-10-11(14)3-4-15-12(9)10/h5-7,11H,3-4,14H2,1-2H3. The molecule has 1 heterocycles. The summed E-state index contributed by atoms with van der Waals surface area (Å²) < 4.78 is 6.83. The highest BCUT2D eigenvalue weighted by atomic mass is 79.9. The first-order valence-corrected chi connectivity index (χ1v) is 6.10. The van der Waals surface area contributed by atoms with Crippen molar-refractivity contribution in [3.63, 3.8) is 0 Å². The van der Waals surface area contributed by atoms with E-state index in [1.807, 2.05) is 0 Å². The van der Waals surface area contributed by atoms with Crippen LogP contribution < -0.4 is 10.5 Å². The van der Waals surface area contributed by atoms with Crippen LogP contribution in [0, 0.1) is 0 Å². The first-order valence-electron chi connectivity index (χ1n) is 5.31. The number of benzene rings is 1. The van der Waals surface area contributed by atoms with Crippen molar-refractivity contribution in [2.45, 2.75) is 32.2 Å². The van der Waals surface area contributed by atoms with E-state index in [0.717, 1.165) is 28.8 Å². The van der Waals surface area contributed by atoms with Crippen LogP contribution in [0.5, 0.6) is 5.75 Å². The van der Waals surface area contributed by atoms with Crippen LogP contribution in [0.4, 0.5) is 0 Å². The smallest absolute Gasteiger partial charge is 0.127 e. The molecule has 0 bridgehead atoms. The third-order valence-electron chi connectivity index (χ3n) is 2.81. The Hall–Kier alpha value is -0.540. The Morgan fingerprint density at radius 2 is 2.20 bits per heavy atom. The van der Waals surface area contributed by atoms with Gasteiger partial charge in [0.2, 0.25) is 0 Å². The van der Waals surface area contributed by atoms with Crippen molar-refractivity contribution in [1.82, 2.24) is 0 Å². The molecule has 2 nitrogen and oxygen atoms in total. The number of fused-ring (bicyclic) bond motifs is 1. The molecule has 0 saturated heterocycles. The van der Waals surface area contributed by atoms with E-state index in [0.29, 0.717) is 5.92 Å². The van der Waals surface area contributed by atoms with Crippen LogP contribution in [-0.2, 0) is 0 Å². The second-order valence-corrected chi connectivity index (χ2v) is 5.23. The van der Waals surface area contributed by atoms with Crippen LogP contribution in [0.3, 0.4) is 0 Å². The molecular weight excluding hydrogens is 254 g/mol. The SMILES string of the molecule is CC(C)c1cc(Br)cc2c1OCCC2N. The topological polar surface area (TPSA) is 35.2 Å². The lowest BCUT2D eigenvalue weighted by Crippen LogP contribution is -2.21. The third-order valence-corrected chi connectivity index (χ3v) is 3.27.